The number of carbonyl (C=O) groups is 2. The molecule has 0 saturated carbocycles. The fraction of sp³-hybridized carbons (Fsp3) is 0.571. The van der Waals surface area contributed by atoms with Crippen LogP contribution in [-0.2, 0) is 9.59 Å². The van der Waals surface area contributed by atoms with Crippen molar-refractivity contribution >= 4 is 11.8 Å². The molecule has 1 aromatic heterocycles. The molecule has 2 amide bonds. The van der Waals surface area contributed by atoms with E-state index in [1.807, 2.05) is 13.8 Å². The van der Waals surface area contributed by atoms with Crippen LogP contribution in [0.5, 0.6) is 0 Å². The Hall–Kier alpha value is -1.82. The van der Waals surface area contributed by atoms with Gasteiger partial charge in [0.2, 0.25) is 0 Å². The molecule has 0 aromatic carbocycles. The zero-order valence-electron chi connectivity index (χ0n) is 11.9. The van der Waals surface area contributed by atoms with E-state index in [2.05, 4.69) is 0 Å². The molecule has 0 aliphatic carbocycles. The highest BCUT2D eigenvalue weighted by Crippen LogP contribution is 2.27. The second-order valence-electron chi connectivity index (χ2n) is 4.92. The molecular formula is C14H21N3O3. The number of amides is 2. The van der Waals surface area contributed by atoms with Crippen LogP contribution in [0, 0.1) is 0 Å². The van der Waals surface area contributed by atoms with Crippen molar-refractivity contribution in [2.45, 2.75) is 32.4 Å². The van der Waals surface area contributed by atoms with Crippen molar-refractivity contribution in [3.63, 3.8) is 0 Å². The third kappa shape index (κ3) is 2.56. The first-order chi connectivity index (χ1) is 9.60. The summed E-state index contributed by atoms with van der Waals surface area (Å²) >= 11 is 0. The molecule has 1 fully saturated rings. The highest BCUT2D eigenvalue weighted by atomic mass is 16.3. The fourth-order valence-corrected chi connectivity index (χ4v) is 2.54. The topological polar surface area (TPSA) is 79.8 Å². The average Bonchev–Trinajstić information content (AvgIpc) is 2.97. The number of likely N-dealkylation sites (N-methyl/N-ethyl adjacent to an activating group) is 1. The Kier molecular flexibility index (Phi) is 4.44. The minimum absolute atomic E-state index is 0.258. The Balaban J connectivity index is 2.26. The van der Waals surface area contributed by atoms with Gasteiger partial charge in [-0.1, -0.05) is 6.92 Å². The first-order valence-electron chi connectivity index (χ1n) is 6.99. The highest BCUT2D eigenvalue weighted by Gasteiger charge is 2.39. The van der Waals surface area contributed by atoms with Crippen LogP contribution < -0.4 is 5.73 Å². The predicted molar refractivity (Wildman–Crippen MR) is 73.7 cm³/mol. The van der Waals surface area contributed by atoms with E-state index in [-0.39, 0.29) is 12.1 Å². The van der Waals surface area contributed by atoms with Crippen LogP contribution >= 0.6 is 0 Å². The molecule has 0 radical (unpaired) electrons. The van der Waals surface area contributed by atoms with Gasteiger partial charge in [-0.3, -0.25) is 9.59 Å². The molecule has 20 heavy (non-hydrogen) atoms. The first kappa shape index (κ1) is 14.6. The Bertz CT molecular complexity index is 472. The van der Waals surface area contributed by atoms with E-state index < -0.39 is 11.8 Å². The monoisotopic (exact) mass is 279 g/mol. The van der Waals surface area contributed by atoms with Gasteiger partial charge in [-0.25, -0.2) is 0 Å². The molecule has 2 heterocycles. The average molecular weight is 279 g/mol. The molecule has 2 atom stereocenters. The first-order valence-corrected chi connectivity index (χ1v) is 6.99. The van der Waals surface area contributed by atoms with Crippen LogP contribution in [0.4, 0.5) is 0 Å². The van der Waals surface area contributed by atoms with Crippen molar-refractivity contribution in [1.82, 2.24) is 9.80 Å². The normalized spacial score (nSPS) is 19.4. The number of furan rings is 1. The van der Waals surface area contributed by atoms with Gasteiger partial charge in [0.25, 0.3) is 0 Å². The number of hydrogen-bond acceptors (Lipinski definition) is 4. The summed E-state index contributed by atoms with van der Waals surface area (Å²) in [5, 5.41) is 0. The SMILES string of the molecule is CCC(N)C(c1ccco1)N1CCN(CC)C(=O)C1=O. The Morgan fingerprint density at radius 1 is 1.30 bits per heavy atom. The summed E-state index contributed by atoms with van der Waals surface area (Å²) in [5.41, 5.74) is 6.14. The summed E-state index contributed by atoms with van der Waals surface area (Å²) in [5.74, 6) is -0.326. The Labute approximate surface area is 118 Å². The smallest absolute Gasteiger partial charge is 0.312 e. The lowest BCUT2D eigenvalue weighted by Gasteiger charge is -2.39. The summed E-state index contributed by atoms with van der Waals surface area (Å²) in [7, 11) is 0. The Morgan fingerprint density at radius 2 is 2.05 bits per heavy atom. The molecule has 0 spiro atoms. The van der Waals surface area contributed by atoms with E-state index in [1.54, 1.807) is 28.2 Å². The van der Waals surface area contributed by atoms with Gasteiger partial charge in [-0.2, -0.15) is 0 Å². The Morgan fingerprint density at radius 3 is 2.60 bits per heavy atom. The van der Waals surface area contributed by atoms with Gasteiger partial charge in [0.1, 0.15) is 11.8 Å². The van der Waals surface area contributed by atoms with Crippen LogP contribution in [0.15, 0.2) is 22.8 Å². The molecule has 6 heteroatoms. The highest BCUT2D eigenvalue weighted by molar-refractivity contribution is 6.35. The van der Waals surface area contributed by atoms with Crippen LogP contribution in [0.3, 0.4) is 0 Å². The molecule has 1 aliphatic rings. The zero-order chi connectivity index (χ0) is 14.7. The van der Waals surface area contributed by atoms with E-state index >= 15 is 0 Å². The lowest BCUT2D eigenvalue weighted by atomic mass is 10.0. The van der Waals surface area contributed by atoms with Crippen molar-refractivity contribution in [2.24, 2.45) is 5.73 Å². The van der Waals surface area contributed by atoms with Crippen LogP contribution in [-0.4, -0.2) is 47.3 Å². The molecule has 2 unspecified atom stereocenters. The van der Waals surface area contributed by atoms with Crippen molar-refractivity contribution in [3.8, 4) is 0 Å². The van der Waals surface area contributed by atoms with Gasteiger partial charge < -0.3 is 20.0 Å². The number of rotatable bonds is 5. The van der Waals surface area contributed by atoms with E-state index in [0.717, 1.165) is 0 Å². The molecule has 1 aromatic rings. The van der Waals surface area contributed by atoms with Crippen molar-refractivity contribution < 1.29 is 14.0 Å². The van der Waals surface area contributed by atoms with Gasteiger partial charge in [-0.15, -0.1) is 0 Å². The molecule has 1 aliphatic heterocycles. The molecule has 0 bridgehead atoms. The second kappa shape index (κ2) is 6.09. The standard InChI is InChI=1S/C14H21N3O3/c1-3-10(15)12(11-6-5-9-20-11)17-8-7-16(4-2)13(18)14(17)19/h5-6,9-10,12H,3-4,7-8,15H2,1-2H3. The quantitative estimate of drug-likeness (QED) is 0.807. The minimum Gasteiger partial charge on any atom is -0.467 e. The van der Waals surface area contributed by atoms with E-state index in [1.165, 1.54) is 0 Å². The zero-order valence-corrected chi connectivity index (χ0v) is 11.9. The third-order valence-electron chi connectivity index (χ3n) is 3.77. The lowest BCUT2D eigenvalue weighted by molar-refractivity contribution is -0.158. The van der Waals surface area contributed by atoms with E-state index in [9.17, 15) is 9.59 Å². The van der Waals surface area contributed by atoms with Crippen LogP contribution in [0.25, 0.3) is 0 Å². The molecule has 2 N–H and O–H groups in total. The third-order valence-corrected chi connectivity index (χ3v) is 3.77. The van der Waals surface area contributed by atoms with Gasteiger partial charge >= 0.3 is 11.8 Å². The summed E-state index contributed by atoms with van der Waals surface area (Å²) in [6, 6.07) is 2.92. The summed E-state index contributed by atoms with van der Waals surface area (Å²) in [6.45, 7) is 5.38. The van der Waals surface area contributed by atoms with Gasteiger partial charge in [-0.05, 0) is 25.5 Å². The van der Waals surface area contributed by atoms with Crippen molar-refractivity contribution in [1.29, 1.82) is 0 Å². The maximum atomic E-state index is 12.3. The molecule has 1 saturated heterocycles. The molecular weight excluding hydrogens is 258 g/mol. The minimum atomic E-state index is -0.497. The summed E-state index contributed by atoms with van der Waals surface area (Å²) < 4.78 is 5.41. The van der Waals surface area contributed by atoms with Gasteiger partial charge in [0.15, 0.2) is 0 Å². The maximum Gasteiger partial charge on any atom is 0.312 e. The van der Waals surface area contributed by atoms with Crippen molar-refractivity contribution in [3.05, 3.63) is 24.2 Å². The number of nitrogens with two attached hydrogens (primary N) is 1. The maximum absolute atomic E-state index is 12.3. The second-order valence-corrected chi connectivity index (χ2v) is 4.92. The number of nitrogens with zero attached hydrogens (tertiary/aromatic N) is 2. The summed E-state index contributed by atoms with van der Waals surface area (Å²) in [6.07, 6.45) is 2.25. The lowest BCUT2D eigenvalue weighted by Crippen LogP contribution is -2.57. The van der Waals surface area contributed by atoms with Gasteiger partial charge in [0, 0.05) is 25.7 Å². The molecule has 110 valence electrons. The van der Waals surface area contributed by atoms with Gasteiger partial charge in [0.05, 0.1) is 6.26 Å². The number of hydrogen-bond donors (Lipinski definition) is 1. The number of carbonyl (C=O) groups excluding carboxylic acids is 2. The predicted octanol–water partition coefficient (Wildman–Crippen LogP) is 0.749. The largest absolute Gasteiger partial charge is 0.467 e. The van der Waals surface area contributed by atoms with Crippen LogP contribution in [0.2, 0.25) is 0 Å². The summed E-state index contributed by atoms with van der Waals surface area (Å²) in [4.78, 5) is 27.4. The van der Waals surface area contributed by atoms with E-state index in [0.29, 0.717) is 31.8 Å². The van der Waals surface area contributed by atoms with Crippen molar-refractivity contribution in [2.75, 3.05) is 19.6 Å². The van der Waals surface area contributed by atoms with E-state index in [4.69, 9.17) is 10.2 Å². The fourth-order valence-electron chi connectivity index (χ4n) is 2.54. The number of piperazine rings is 1. The molecule has 6 nitrogen and oxygen atoms in total. The van der Waals surface area contributed by atoms with Crippen LogP contribution in [0.1, 0.15) is 32.1 Å². The molecule has 2 rings (SSSR count).